The van der Waals surface area contributed by atoms with Crippen LogP contribution in [0.25, 0.3) is 0 Å². The third kappa shape index (κ3) is 6.20. The minimum absolute atomic E-state index is 0.0848. The molecule has 0 heterocycles. The van der Waals surface area contributed by atoms with Crippen LogP contribution in [0.4, 0.5) is 11.4 Å². The number of ether oxygens (including phenoxy) is 1. The molecule has 2 amide bonds. The molecule has 3 N–H and O–H groups in total. The van der Waals surface area contributed by atoms with Gasteiger partial charge in [0.1, 0.15) is 5.75 Å². The van der Waals surface area contributed by atoms with Gasteiger partial charge in [0.05, 0.1) is 11.4 Å². The first kappa shape index (κ1) is 24.7. The molecule has 0 saturated carbocycles. The summed E-state index contributed by atoms with van der Waals surface area (Å²) in [7, 11) is 0. The maximum absolute atomic E-state index is 12.6. The molecule has 0 saturated heterocycles. The van der Waals surface area contributed by atoms with Gasteiger partial charge in [0.2, 0.25) is 0 Å². The molecule has 0 aliphatic heterocycles. The second-order valence-corrected chi connectivity index (χ2v) is 9.48. The molecule has 0 aliphatic carbocycles. The van der Waals surface area contributed by atoms with Gasteiger partial charge in [0.25, 0.3) is 0 Å². The molecular formula is C25H30N2O5. The molecule has 0 spiro atoms. The highest BCUT2D eigenvalue weighted by molar-refractivity contribution is 6.44. The number of benzene rings is 2. The molecular weight excluding hydrogens is 408 g/mol. The van der Waals surface area contributed by atoms with Crippen molar-refractivity contribution >= 4 is 29.2 Å². The van der Waals surface area contributed by atoms with E-state index in [-0.39, 0.29) is 33.7 Å². The zero-order chi connectivity index (χ0) is 24.3. The first-order valence-electron chi connectivity index (χ1n) is 10.2. The minimum atomic E-state index is -0.979. The van der Waals surface area contributed by atoms with Crippen LogP contribution < -0.4 is 15.4 Å². The van der Waals surface area contributed by atoms with E-state index >= 15 is 0 Å². The van der Waals surface area contributed by atoms with E-state index in [0.29, 0.717) is 0 Å². The fourth-order valence-corrected chi connectivity index (χ4v) is 2.79. The standard InChI is InChI=1S/C25H30N2O5/c1-8-21(29)32-20-12-10-16(25(5,6)7)14-18(20)27-23(31)22(30)26-17-13-15(24(2,3)4)9-11-19(17)28/h8-14,28H,1H2,2-7H3,(H,26,30)(H,27,31). The number of phenols is 1. The van der Waals surface area contributed by atoms with E-state index in [0.717, 1.165) is 17.2 Å². The number of aromatic hydroxyl groups is 1. The van der Waals surface area contributed by atoms with Crippen molar-refractivity contribution in [3.05, 3.63) is 60.2 Å². The number of carbonyl (C=O) groups is 3. The molecule has 0 fully saturated rings. The number of amides is 2. The van der Waals surface area contributed by atoms with Crippen molar-refractivity contribution in [2.24, 2.45) is 0 Å². The molecule has 0 aromatic heterocycles. The van der Waals surface area contributed by atoms with E-state index in [1.54, 1.807) is 30.3 Å². The van der Waals surface area contributed by atoms with E-state index in [9.17, 15) is 19.5 Å². The number of rotatable bonds is 4. The molecule has 0 aliphatic rings. The van der Waals surface area contributed by atoms with Gasteiger partial charge in [-0.05, 0) is 46.2 Å². The third-order valence-electron chi connectivity index (χ3n) is 4.79. The van der Waals surface area contributed by atoms with Gasteiger partial charge < -0.3 is 20.5 Å². The van der Waals surface area contributed by atoms with Gasteiger partial charge in [-0.2, -0.15) is 0 Å². The largest absolute Gasteiger partial charge is 0.506 e. The van der Waals surface area contributed by atoms with E-state index in [1.165, 1.54) is 6.07 Å². The Labute approximate surface area is 188 Å². The Morgan fingerprint density at radius 1 is 0.844 bits per heavy atom. The Morgan fingerprint density at radius 2 is 1.31 bits per heavy atom. The molecule has 2 aromatic rings. The SMILES string of the molecule is C=CC(=O)Oc1ccc(C(C)(C)C)cc1NC(=O)C(=O)Nc1cc(C(C)(C)C)ccc1O. The molecule has 7 heteroatoms. The van der Waals surface area contributed by atoms with Crippen molar-refractivity contribution in [2.45, 2.75) is 52.4 Å². The number of carbonyl (C=O) groups excluding carboxylic acids is 3. The molecule has 2 aromatic carbocycles. The lowest BCUT2D eigenvalue weighted by atomic mass is 9.86. The van der Waals surface area contributed by atoms with Crippen molar-refractivity contribution in [1.82, 2.24) is 0 Å². The van der Waals surface area contributed by atoms with Crippen LogP contribution >= 0.6 is 0 Å². The van der Waals surface area contributed by atoms with Gasteiger partial charge in [0.15, 0.2) is 5.75 Å². The van der Waals surface area contributed by atoms with E-state index < -0.39 is 17.8 Å². The Balaban J connectivity index is 2.30. The summed E-state index contributed by atoms with van der Waals surface area (Å²) in [4.78, 5) is 36.8. The van der Waals surface area contributed by atoms with Crippen LogP contribution in [0.1, 0.15) is 52.7 Å². The van der Waals surface area contributed by atoms with Crippen LogP contribution in [-0.2, 0) is 25.2 Å². The van der Waals surface area contributed by atoms with Crippen LogP contribution in [0, 0.1) is 0 Å². The van der Waals surface area contributed by atoms with Gasteiger partial charge in [0, 0.05) is 6.08 Å². The molecule has 0 unspecified atom stereocenters. The van der Waals surface area contributed by atoms with Gasteiger partial charge in [-0.15, -0.1) is 0 Å². The molecule has 0 radical (unpaired) electrons. The molecule has 7 nitrogen and oxygen atoms in total. The molecule has 0 atom stereocenters. The Bertz CT molecular complexity index is 1060. The monoisotopic (exact) mass is 438 g/mol. The topological polar surface area (TPSA) is 105 Å². The summed E-state index contributed by atoms with van der Waals surface area (Å²) >= 11 is 0. The predicted octanol–water partition coefficient (Wildman–Crippen LogP) is 4.66. The normalized spacial score (nSPS) is 11.4. The summed E-state index contributed by atoms with van der Waals surface area (Å²) in [5.41, 5.74) is 1.57. The first-order chi connectivity index (χ1) is 14.7. The lowest BCUT2D eigenvalue weighted by Crippen LogP contribution is -2.29. The van der Waals surface area contributed by atoms with Crippen molar-refractivity contribution in [3.8, 4) is 11.5 Å². The Kier molecular flexibility index (Phi) is 7.13. The van der Waals surface area contributed by atoms with Crippen LogP contribution in [-0.4, -0.2) is 22.9 Å². The van der Waals surface area contributed by atoms with Gasteiger partial charge >= 0.3 is 17.8 Å². The summed E-state index contributed by atoms with van der Waals surface area (Å²) in [5.74, 6) is -2.73. The van der Waals surface area contributed by atoms with Crippen LogP contribution in [0.3, 0.4) is 0 Å². The molecule has 2 rings (SSSR count). The molecule has 32 heavy (non-hydrogen) atoms. The van der Waals surface area contributed by atoms with Gasteiger partial charge in [-0.1, -0.05) is 60.3 Å². The van der Waals surface area contributed by atoms with Crippen molar-refractivity contribution in [3.63, 3.8) is 0 Å². The average Bonchev–Trinajstić information content (AvgIpc) is 2.68. The molecule has 0 bridgehead atoms. The third-order valence-corrected chi connectivity index (χ3v) is 4.79. The summed E-state index contributed by atoms with van der Waals surface area (Å²) in [6.07, 6.45) is 1.00. The summed E-state index contributed by atoms with van der Waals surface area (Å²) in [6, 6.07) is 9.81. The summed E-state index contributed by atoms with van der Waals surface area (Å²) < 4.78 is 5.19. The molecule has 170 valence electrons. The van der Waals surface area contributed by atoms with Gasteiger partial charge in [-0.3, -0.25) is 9.59 Å². The second-order valence-electron chi connectivity index (χ2n) is 9.48. The Morgan fingerprint density at radius 3 is 1.81 bits per heavy atom. The number of nitrogens with one attached hydrogen (secondary N) is 2. The summed E-state index contributed by atoms with van der Waals surface area (Å²) in [5, 5.41) is 15.0. The van der Waals surface area contributed by atoms with E-state index in [1.807, 2.05) is 41.5 Å². The van der Waals surface area contributed by atoms with E-state index in [2.05, 4.69) is 17.2 Å². The lowest BCUT2D eigenvalue weighted by Gasteiger charge is -2.21. The van der Waals surface area contributed by atoms with Crippen molar-refractivity contribution in [1.29, 1.82) is 0 Å². The zero-order valence-corrected chi connectivity index (χ0v) is 19.3. The summed E-state index contributed by atoms with van der Waals surface area (Å²) in [6.45, 7) is 15.3. The van der Waals surface area contributed by atoms with Crippen LogP contribution in [0.5, 0.6) is 11.5 Å². The lowest BCUT2D eigenvalue weighted by molar-refractivity contribution is -0.133. The van der Waals surface area contributed by atoms with Crippen molar-refractivity contribution in [2.75, 3.05) is 10.6 Å². The highest BCUT2D eigenvalue weighted by Gasteiger charge is 2.22. The average molecular weight is 439 g/mol. The first-order valence-corrected chi connectivity index (χ1v) is 10.2. The number of hydrogen-bond donors (Lipinski definition) is 3. The highest BCUT2D eigenvalue weighted by atomic mass is 16.5. The van der Waals surface area contributed by atoms with Crippen molar-refractivity contribution < 1.29 is 24.2 Å². The number of phenolic OH excluding ortho intramolecular Hbond substituents is 1. The minimum Gasteiger partial charge on any atom is -0.506 e. The zero-order valence-electron chi connectivity index (χ0n) is 19.3. The van der Waals surface area contributed by atoms with Crippen LogP contribution in [0.15, 0.2) is 49.1 Å². The number of hydrogen-bond acceptors (Lipinski definition) is 5. The predicted molar refractivity (Wildman–Crippen MR) is 125 cm³/mol. The van der Waals surface area contributed by atoms with Gasteiger partial charge in [-0.25, -0.2) is 4.79 Å². The quantitative estimate of drug-likeness (QED) is 0.212. The number of anilines is 2. The maximum atomic E-state index is 12.6. The fraction of sp³-hybridized carbons (Fsp3) is 0.320. The highest BCUT2D eigenvalue weighted by Crippen LogP contribution is 2.33. The number of esters is 1. The van der Waals surface area contributed by atoms with Crippen LogP contribution in [0.2, 0.25) is 0 Å². The smallest absolute Gasteiger partial charge is 0.335 e. The second kappa shape index (κ2) is 9.26. The van der Waals surface area contributed by atoms with E-state index in [4.69, 9.17) is 4.74 Å². The maximum Gasteiger partial charge on any atom is 0.335 e. The Hall–Kier alpha value is -3.61. The fourth-order valence-electron chi connectivity index (χ4n) is 2.79.